The molecule has 6 nitrogen and oxygen atoms in total. The van der Waals surface area contributed by atoms with E-state index in [1.807, 2.05) is 18.2 Å². The molecule has 30 heavy (non-hydrogen) atoms. The fraction of sp³-hybridized carbons (Fsp3) is 0.143. The molecule has 0 atom stereocenters. The molecular formula is C21H14ClFN4O2S. The maximum Gasteiger partial charge on any atom is 0.336 e. The van der Waals surface area contributed by atoms with Crippen molar-refractivity contribution in [1.29, 1.82) is 5.26 Å². The van der Waals surface area contributed by atoms with E-state index < -0.39 is 17.2 Å². The van der Waals surface area contributed by atoms with Crippen molar-refractivity contribution in [3.63, 3.8) is 0 Å². The molecule has 0 N–H and O–H groups in total. The normalized spacial score (nSPS) is 11.0. The lowest BCUT2D eigenvalue weighted by molar-refractivity contribution is 0.564. The van der Waals surface area contributed by atoms with Crippen molar-refractivity contribution in [1.82, 2.24) is 14.1 Å². The van der Waals surface area contributed by atoms with Crippen LogP contribution in [0.3, 0.4) is 0 Å². The molecule has 0 unspecified atom stereocenters. The maximum absolute atomic E-state index is 14.4. The van der Waals surface area contributed by atoms with Crippen LogP contribution in [0.15, 0.2) is 52.2 Å². The number of nitrogens with zero attached hydrogens (tertiary/aromatic N) is 4. The predicted octanol–water partition coefficient (Wildman–Crippen LogP) is 4.29. The van der Waals surface area contributed by atoms with Crippen molar-refractivity contribution < 1.29 is 4.39 Å². The Bertz CT molecular complexity index is 1450. The van der Waals surface area contributed by atoms with E-state index in [0.717, 1.165) is 15.9 Å². The van der Waals surface area contributed by atoms with Crippen molar-refractivity contribution in [2.75, 3.05) is 0 Å². The number of hydrogen-bond acceptors (Lipinski definition) is 5. The molecule has 0 fully saturated rings. The van der Waals surface area contributed by atoms with Crippen LogP contribution in [0.5, 0.6) is 0 Å². The van der Waals surface area contributed by atoms with Crippen molar-refractivity contribution in [2.24, 2.45) is 0 Å². The van der Waals surface area contributed by atoms with Crippen molar-refractivity contribution in [3.05, 3.63) is 80.0 Å². The van der Waals surface area contributed by atoms with E-state index in [-0.39, 0.29) is 23.4 Å². The van der Waals surface area contributed by atoms with E-state index in [1.54, 1.807) is 25.1 Å². The number of nitriles is 1. The van der Waals surface area contributed by atoms with Gasteiger partial charge in [-0.1, -0.05) is 29.8 Å². The summed E-state index contributed by atoms with van der Waals surface area (Å²) in [5, 5.41) is 9.52. The van der Waals surface area contributed by atoms with Crippen LogP contribution in [0.2, 0.25) is 5.02 Å². The second kappa shape index (κ2) is 7.86. The van der Waals surface area contributed by atoms with Gasteiger partial charge < -0.3 is 0 Å². The summed E-state index contributed by atoms with van der Waals surface area (Å²) in [5.74, 6) is -0.922. The number of pyridine rings is 1. The number of benzene rings is 1. The summed E-state index contributed by atoms with van der Waals surface area (Å²) in [5.41, 5.74) is 0.122. The van der Waals surface area contributed by atoms with Crippen LogP contribution in [0, 0.1) is 24.2 Å². The summed E-state index contributed by atoms with van der Waals surface area (Å²) >= 11 is 7.46. The molecule has 150 valence electrons. The molecule has 0 radical (unpaired) electrons. The molecule has 4 aromatic rings. The number of fused-ring (bicyclic) bond motifs is 1. The molecule has 0 saturated carbocycles. The van der Waals surface area contributed by atoms with Crippen LogP contribution >= 0.6 is 22.9 Å². The zero-order valence-electron chi connectivity index (χ0n) is 15.7. The number of hydrogen-bond donors (Lipinski definition) is 0. The molecule has 0 amide bonds. The third-order valence-electron chi connectivity index (χ3n) is 4.61. The standard InChI is InChI=1S/C21H14ClFN4O2S/c1-12-9-16(19(23)25-11-12)27-20(28)18-15(26(21(27)29)8-4-7-24)10-17(30-18)13-5-2-3-6-14(13)22/h2-3,5-6,9-11H,4,8H2,1H3. The summed E-state index contributed by atoms with van der Waals surface area (Å²) < 4.78 is 16.8. The Hall–Kier alpha value is -3.28. The highest BCUT2D eigenvalue weighted by Gasteiger charge is 2.21. The molecule has 0 spiro atoms. The Morgan fingerprint density at radius 1 is 1.27 bits per heavy atom. The van der Waals surface area contributed by atoms with Gasteiger partial charge in [-0.25, -0.2) is 14.3 Å². The van der Waals surface area contributed by atoms with Gasteiger partial charge in [0, 0.05) is 28.2 Å². The number of rotatable bonds is 4. The molecule has 0 saturated heterocycles. The van der Waals surface area contributed by atoms with Crippen LogP contribution in [-0.4, -0.2) is 14.1 Å². The minimum atomic E-state index is -0.922. The van der Waals surface area contributed by atoms with Crippen molar-refractivity contribution in [2.45, 2.75) is 19.9 Å². The van der Waals surface area contributed by atoms with Crippen molar-refractivity contribution in [3.8, 4) is 22.2 Å². The lowest BCUT2D eigenvalue weighted by Gasteiger charge is -2.11. The fourth-order valence-electron chi connectivity index (χ4n) is 3.23. The van der Waals surface area contributed by atoms with Gasteiger partial charge in [-0.2, -0.15) is 9.65 Å². The van der Waals surface area contributed by atoms with E-state index in [4.69, 9.17) is 16.9 Å². The fourth-order valence-corrected chi connectivity index (χ4v) is 4.65. The molecule has 0 bridgehead atoms. The van der Waals surface area contributed by atoms with Gasteiger partial charge in [-0.15, -0.1) is 11.3 Å². The topological polar surface area (TPSA) is 80.7 Å². The SMILES string of the molecule is Cc1cnc(F)c(-n2c(=O)c3sc(-c4ccccc4Cl)cc3n(CCC#N)c2=O)c1. The zero-order valence-corrected chi connectivity index (χ0v) is 17.3. The van der Waals surface area contributed by atoms with Gasteiger partial charge in [0.25, 0.3) is 5.56 Å². The predicted molar refractivity (Wildman–Crippen MR) is 115 cm³/mol. The Morgan fingerprint density at radius 3 is 2.77 bits per heavy atom. The third kappa shape index (κ3) is 3.32. The third-order valence-corrected chi connectivity index (χ3v) is 6.08. The van der Waals surface area contributed by atoms with Crippen LogP contribution in [0.25, 0.3) is 26.3 Å². The Morgan fingerprint density at radius 2 is 2.03 bits per heavy atom. The van der Waals surface area contributed by atoms with E-state index in [1.165, 1.54) is 16.8 Å². The highest BCUT2D eigenvalue weighted by atomic mass is 35.5. The lowest BCUT2D eigenvalue weighted by atomic mass is 10.2. The minimum Gasteiger partial charge on any atom is -0.291 e. The van der Waals surface area contributed by atoms with Gasteiger partial charge in [0.05, 0.1) is 18.0 Å². The van der Waals surface area contributed by atoms with Gasteiger partial charge in [0.2, 0.25) is 5.95 Å². The second-order valence-corrected chi connectivity index (χ2v) is 8.07. The largest absolute Gasteiger partial charge is 0.336 e. The monoisotopic (exact) mass is 440 g/mol. The Balaban J connectivity index is 2.09. The zero-order chi connectivity index (χ0) is 21.4. The molecule has 0 aliphatic carbocycles. The number of aromatic nitrogens is 3. The first-order valence-corrected chi connectivity index (χ1v) is 10.2. The van der Waals surface area contributed by atoms with Crippen LogP contribution in [-0.2, 0) is 6.54 Å². The van der Waals surface area contributed by atoms with Gasteiger partial charge in [0.15, 0.2) is 0 Å². The van der Waals surface area contributed by atoms with Crippen molar-refractivity contribution >= 4 is 33.2 Å². The number of halogens is 2. The minimum absolute atomic E-state index is 0.0546. The molecule has 0 aliphatic rings. The smallest absolute Gasteiger partial charge is 0.291 e. The average Bonchev–Trinajstić information content (AvgIpc) is 3.16. The van der Waals surface area contributed by atoms with Gasteiger partial charge in [0.1, 0.15) is 10.4 Å². The van der Waals surface area contributed by atoms with Crippen LogP contribution in [0.4, 0.5) is 4.39 Å². The van der Waals surface area contributed by atoms with Gasteiger partial charge >= 0.3 is 5.69 Å². The Kier molecular flexibility index (Phi) is 5.24. The quantitative estimate of drug-likeness (QED) is 0.443. The van der Waals surface area contributed by atoms with E-state index in [2.05, 4.69) is 4.98 Å². The summed E-state index contributed by atoms with van der Waals surface area (Å²) in [7, 11) is 0. The highest BCUT2D eigenvalue weighted by molar-refractivity contribution is 7.22. The average molecular weight is 441 g/mol. The second-order valence-electron chi connectivity index (χ2n) is 6.61. The Labute approximate surface area is 179 Å². The summed E-state index contributed by atoms with van der Waals surface area (Å²) in [6.07, 6.45) is 1.37. The molecule has 9 heteroatoms. The molecular weight excluding hydrogens is 427 g/mol. The van der Waals surface area contributed by atoms with Crippen LogP contribution < -0.4 is 11.2 Å². The molecule has 4 rings (SSSR count). The summed E-state index contributed by atoms with van der Waals surface area (Å²) in [4.78, 5) is 30.7. The van der Waals surface area contributed by atoms with Crippen LogP contribution in [0.1, 0.15) is 12.0 Å². The van der Waals surface area contributed by atoms with E-state index in [0.29, 0.717) is 26.5 Å². The first-order chi connectivity index (χ1) is 14.4. The first kappa shape index (κ1) is 20.0. The molecule has 1 aromatic carbocycles. The first-order valence-electron chi connectivity index (χ1n) is 8.96. The summed E-state index contributed by atoms with van der Waals surface area (Å²) in [6, 6.07) is 12.3. The molecule has 3 aromatic heterocycles. The molecule has 3 heterocycles. The van der Waals surface area contributed by atoms with E-state index in [9.17, 15) is 14.0 Å². The van der Waals surface area contributed by atoms with Gasteiger partial charge in [-0.3, -0.25) is 9.36 Å². The van der Waals surface area contributed by atoms with Gasteiger partial charge in [-0.05, 0) is 30.7 Å². The summed E-state index contributed by atoms with van der Waals surface area (Å²) in [6.45, 7) is 1.75. The number of aryl methyl sites for hydroxylation is 2. The number of thiophene rings is 1. The maximum atomic E-state index is 14.4. The highest BCUT2D eigenvalue weighted by Crippen LogP contribution is 2.35. The van der Waals surface area contributed by atoms with E-state index >= 15 is 0 Å². The lowest BCUT2D eigenvalue weighted by Crippen LogP contribution is -2.39. The molecule has 0 aliphatic heterocycles.